The summed E-state index contributed by atoms with van der Waals surface area (Å²) in [6.07, 6.45) is 3.15. The Morgan fingerprint density at radius 2 is 1.91 bits per heavy atom. The van der Waals surface area contributed by atoms with Crippen LogP contribution < -0.4 is 21.6 Å². The molecule has 0 spiro atoms. The van der Waals surface area contributed by atoms with E-state index in [4.69, 9.17) is 40.8 Å². The van der Waals surface area contributed by atoms with Gasteiger partial charge in [0.15, 0.2) is 17.2 Å². The van der Waals surface area contributed by atoms with Gasteiger partial charge < -0.3 is 20.8 Å². The molecule has 6 N–H and O–H groups in total. The Morgan fingerprint density at radius 1 is 1.18 bits per heavy atom. The number of halogens is 3. The Bertz CT molecular complexity index is 1400. The number of hydrogen-bond donors (Lipinski definition) is 3. The van der Waals surface area contributed by atoms with E-state index in [1.807, 2.05) is 0 Å². The fourth-order valence-corrected chi connectivity index (χ4v) is 3.81. The number of hydrogen-bond acceptors (Lipinski definition) is 6. The van der Waals surface area contributed by atoms with Crippen LogP contribution in [0.2, 0.25) is 5.02 Å². The fourth-order valence-electron chi connectivity index (χ4n) is 3.55. The number of fused-ring (bicyclic) bond motifs is 1. The van der Waals surface area contributed by atoms with Crippen LogP contribution in [0.25, 0.3) is 22.6 Å². The van der Waals surface area contributed by atoms with Crippen LogP contribution in [0, 0.1) is 5.82 Å². The standard InChI is InChI=1S/C23H19Cl2FN6O2/c24-15-6-4-14(5-7-15)20-21(32-9-1-2-17(26)23(32)30-20)18(27)12-31(29)11-13-3-8-19(34-25)16(10-13)22(28)33/h1-10,12H,11,27,29H2,(H2,28,33)/b18-12-. The third-order valence-corrected chi connectivity index (χ3v) is 5.47. The van der Waals surface area contributed by atoms with E-state index in [0.717, 1.165) is 0 Å². The van der Waals surface area contributed by atoms with Crippen molar-refractivity contribution in [2.75, 3.05) is 0 Å². The van der Waals surface area contributed by atoms with Crippen LogP contribution in [0.15, 0.2) is 67.0 Å². The maximum Gasteiger partial charge on any atom is 0.252 e. The van der Waals surface area contributed by atoms with E-state index in [1.54, 1.807) is 47.0 Å². The quantitative estimate of drug-likeness (QED) is 0.259. The Morgan fingerprint density at radius 3 is 2.59 bits per heavy atom. The molecule has 4 rings (SSSR count). The molecule has 0 saturated carbocycles. The monoisotopic (exact) mass is 500 g/mol. The molecule has 4 aromatic rings. The van der Waals surface area contributed by atoms with Crippen molar-refractivity contribution in [1.82, 2.24) is 14.4 Å². The third-order valence-electron chi connectivity index (χ3n) is 5.06. The highest BCUT2D eigenvalue weighted by atomic mass is 35.5. The number of pyridine rings is 1. The summed E-state index contributed by atoms with van der Waals surface area (Å²) in [4.78, 5) is 16.1. The van der Waals surface area contributed by atoms with Gasteiger partial charge in [0.2, 0.25) is 0 Å². The molecule has 8 nitrogen and oxygen atoms in total. The summed E-state index contributed by atoms with van der Waals surface area (Å²) in [7, 11) is 0. The maximum atomic E-state index is 14.5. The number of carbonyl (C=O) groups excluding carboxylic acids is 1. The van der Waals surface area contributed by atoms with Crippen LogP contribution in [0.5, 0.6) is 5.75 Å². The molecule has 2 aromatic heterocycles. The van der Waals surface area contributed by atoms with Crippen LogP contribution in [-0.4, -0.2) is 20.3 Å². The number of nitrogens with two attached hydrogens (primary N) is 3. The second-order valence-corrected chi connectivity index (χ2v) is 7.99. The van der Waals surface area contributed by atoms with Crippen LogP contribution in [0.1, 0.15) is 21.6 Å². The van der Waals surface area contributed by atoms with Crippen molar-refractivity contribution in [3.8, 4) is 17.0 Å². The normalized spacial score (nSPS) is 11.6. The largest absolute Gasteiger partial charge is 0.396 e. The second-order valence-electron chi connectivity index (χ2n) is 7.39. The first kappa shape index (κ1) is 23.4. The number of carbonyl (C=O) groups is 1. The lowest BCUT2D eigenvalue weighted by Gasteiger charge is -2.16. The molecule has 0 aliphatic carbocycles. The number of imidazole rings is 1. The zero-order chi connectivity index (χ0) is 24.4. The van der Waals surface area contributed by atoms with Gasteiger partial charge in [-0.15, -0.1) is 0 Å². The predicted molar refractivity (Wildman–Crippen MR) is 129 cm³/mol. The highest BCUT2D eigenvalue weighted by molar-refractivity contribution is 6.30. The minimum Gasteiger partial charge on any atom is -0.396 e. The molecule has 0 saturated heterocycles. The molecule has 0 fully saturated rings. The van der Waals surface area contributed by atoms with E-state index in [2.05, 4.69) is 9.27 Å². The molecule has 174 valence electrons. The highest BCUT2D eigenvalue weighted by Crippen LogP contribution is 2.30. The van der Waals surface area contributed by atoms with Gasteiger partial charge in [-0.1, -0.05) is 29.8 Å². The molecule has 11 heteroatoms. The average molecular weight is 501 g/mol. The van der Waals surface area contributed by atoms with Gasteiger partial charge >= 0.3 is 0 Å². The number of aromatic nitrogens is 2. The Kier molecular flexibility index (Phi) is 6.60. The average Bonchev–Trinajstić information content (AvgIpc) is 3.20. The highest BCUT2D eigenvalue weighted by Gasteiger charge is 2.19. The zero-order valence-electron chi connectivity index (χ0n) is 17.6. The molecular weight excluding hydrogens is 482 g/mol. The molecule has 0 aliphatic rings. The summed E-state index contributed by atoms with van der Waals surface area (Å²) in [5.41, 5.74) is 14.5. The number of rotatable bonds is 7. The van der Waals surface area contributed by atoms with Crippen molar-refractivity contribution in [3.63, 3.8) is 0 Å². The van der Waals surface area contributed by atoms with Crippen LogP contribution in [0.4, 0.5) is 4.39 Å². The minimum atomic E-state index is -0.698. The van der Waals surface area contributed by atoms with Gasteiger partial charge in [0, 0.05) is 23.0 Å². The molecule has 1 amide bonds. The van der Waals surface area contributed by atoms with Crippen LogP contribution >= 0.6 is 23.5 Å². The van der Waals surface area contributed by atoms with Gasteiger partial charge in [0.25, 0.3) is 5.91 Å². The lowest BCUT2D eigenvalue weighted by atomic mass is 10.1. The minimum absolute atomic E-state index is 0.111. The van der Waals surface area contributed by atoms with Crippen molar-refractivity contribution >= 4 is 40.7 Å². The topological polar surface area (TPSA) is 125 Å². The predicted octanol–water partition coefficient (Wildman–Crippen LogP) is 4.06. The first-order valence-corrected chi connectivity index (χ1v) is 10.6. The molecule has 34 heavy (non-hydrogen) atoms. The zero-order valence-corrected chi connectivity index (χ0v) is 19.1. The first-order chi connectivity index (χ1) is 16.3. The van der Waals surface area contributed by atoms with Crippen molar-refractivity contribution in [1.29, 1.82) is 0 Å². The van der Waals surface area contributed by atoms with Gasteiger partial charge in [-0.2, -0.15) is 0 Å². The van der Waals surface area contributed by atoms with E-state index in [9.17, 15) is 9.18 Å². The third kappa shape index (κ3) is 4.62. The van der Waals surface area contributed by atoms with Gasteiger partial charge in [0.05, 0.1) is 29.2 Å². The van der Waals surface area contributed by atoms with E-state index in [-0.39, 0.29) is 29.2 Å². The molecule has 0 bridgehead atoms. The number of amides is 1. The molecule has 0 unspecified atom stereocenters. The number of benzene rings is 2. The van der Waals surface area contributed by atoms with Gasteiger partial charge in [-0.05, 0) is 42.0 Å². The van der Waals surface area contributed by atoms with E-state index in [1.165, 1.54) is 29.4 Å². The number of hydrazine groups is 1. The van der Waals surface area contributed by atoms with E-state index in [0.29, 0.717) is 27.5 Å². The Balaban J connectivity index is 1.73. The lowest BCUT2D eigenvalue weighted by molar-refractivity contribution is 0.0998. The fraction of sp³-hybridized carbons (Fsp3) is 0.0435. The summed E-state index contributed by atoms with van der Waals surface area (Å²) >= 11 is 11.4. The summed E-state index contributed by atoms with van der Waals surface area (Å²) in [6, 6.07) is 14.5. The van der Waals surface area contributed by atoms with Crippen LogP contribution in [0.3, 0.4) is 0 Å². The summed E-state index contributed by atoms with van der Waals surface area (Å²) in [5, 5.41) is 1.87. The summed E-state index contributed by atoms with van der Waals surface area (Å²) in [6.45, 7) is 0.172. The molecule has 0 radical (unpaired) electrons. The molecule has 0 aliphatic heterocycles. The Labute approximate surface area is 204 Å². The molecule has 0 atom stereocenters. The second kappa shape index (κ2) is 9.60. The molecule has 2 aromatic carbocycles. The SMILES string of the molecule is NC(=O)c1cc(CN(N)/C=C(\N)c2c(-c3ccc(Cl)cc3)nc3c(F)cccn23)ccc1OCl. The summed E-state index contributed by atoms with van der Waals surface area (Å²) < 4.78 is 20.7. The lowest BCUT2D eigenvalue weighted by Crippen LogP contribution is -2.26. The van der Waals surface area contributed by atoms with Crippen molar-refractivity contribution < 1.29 is 13.5 Å². The van der Waals surface area contributed by atoms with Gasteiger partial charge in [-0.3, -0.25) is 9.20 Å². The summed E-state index contributed by atoms with van der Waals surface area (Å²) in [5.74, 6) is 5.11. The van der Waals surface area contributed by atoms with Crippen molar-refractivity contribution in [3.05, 3.63) is 94.7 Å². The smallest absolute Gasteiger partial charge is 0.252 e. The first-order valence-electron chi connectivity index (χ1n) is 9.91. The molecular formula is C23H19Cl2FN6O2. The van der Waals surface area contributed by atoms with E-state index >= 15 is 0 Å². The molecule has 2 heterocycles. The Hall–Kier alpha value is -3.79. The number of nitrogens with zero attached hydrogens (tertiary/aromatic N) is 3. The van der Waals surface area contributed by atoms with Crippen LogP contribution in [-0.2, 0) is 6.54 Å². The maximum absolute atomic E-state index is 14.5. The van der Waals surface area contributed by atoms with E-state index < -0.39 is 11.7 Å². The van der Waals surface area contributed by atoms with Gasteiger partial charge in [0.1, 0.15) is 11.9 Å². The number of primary amides is 1. The van der Waals surface area contributed by atoms with Gasteiger partial charge in [-0.25, -0.2) is 15.2 Å². The van der Waals surface area contributed by atoms with Crippen molar-refractivity contribution in [2.45, 2.75) is 6.54 Å². The van der Waals surface area contributed by atoms with Crippen molar-refractivity contribution in [2.24, 2.45) is 17.3 Å².